The fourth-order valence-corrected chi connectivity index (χ4v) is 2.64. The Hall–Kier alpha value is -0.870. The normalized spacial score (nSPS) is 10.6. The number of rotatable bonds is 1. The average molecular weight is 212 g/mol. The molecule has 1 aromatic heterocycles. The Morgan fingerprint density at radius 2 is 2.23 bits per heavy atom. The Labute approximate surface area is 85.2 Å². The molecule has 0 unspecified atom stereocenters. The van der Waals surface area contributed by atoms with Gasteiger partial charge in [0.1, 0.15) is 5.75 Å². The fourth-order valence-electron chi connectivity index (χ4n) is 1.19. The molecule has 0 aliphatic rings. The van der Waals surface area contributed by atoms with Crippen LogP contribution in [0.1, 0.15) is 0 Å². The van der Waals surface area contributed by atoms with Crippen molar-refractivity contribution in [2.75, 3.05) is 7.11 Å². The van der Waals surface area contributed by atoms with Gasteiger partial charge < -0.3 is 9.84 Å². The van der Waals surface area contributed by atoms with Crippen molar-refractivity contribution in [3.63, 3.8) is 0 Å². The van der Waals surface area contributed by atoms with E-state index in [1.807, 2.05) is 6.07 Å². The Morgan fingerprint density at radius 3 is 2.92 bits per heavy atom. The number of methoxy groups -OCH3 is 1. The summed E-state index contributed by atoms with van der Waals surface area (Å²) in [6, 6.07) is 5.20. The number of ether oxygens (including phenoxy) is 1. The van der Waals surface area contributed by atoms with Crippen molar-refractivity contribution < 1.29 is 9.84 Å². The Kier molecular flexibility index (Phi) is 2.09. The van der Waals surface area contributed by atoms with Crippen LogP contribution in [0.15, 0.2) is 23.1 Å². The Morgan fingerprint density at radius 1 is 1.46 bits per heavy atom. The van der Waals surface area contributed by atoms with Crippen molar-refractivity contribution in [1.29, 1.82) is 0 Å². The second-order valence-corrected chi connectivity index (χ2v) is 4.08. The van der Waals surface area contributed by atoms with Gasteiger partial charge in [0.05, 0.1) is 12.0 Å². The lowest BCUT2D eigenvalue weighted by atomic mass is 10.2. The molecule has 1 N–H and O–H groups in total. The molecule has 0 bridgehead atoms. The van der Waals surface area contributed by atoms with Crippen LogP contribution < -0.4 is 4.74 Å². The van der Waals surface area contributed by atoms with Crippen molar-refractivity contribution in [3.05, 3.63) is 18.2 Å². The molecule has 0 saturated heterocycles. The summed E-state index contributed by atoms with van der Waals surface area (Å²) in [5.41, 5.74) is 0. The molecule has 0 radical (unpaired) electrons. The van der Waals surface area contributed by atoms with Crippen LogP contribution in [-0.4, -0.2) is 12.2 Å². The summed E-state index contributed by atoms with van der Waals surface area (Å²) >= 11 is 5.81. The van der Waals surface area contributed by atoms with Crippen LogP contribution in [-0.2, 0) is 0 Å². The zero-order valence-corrected chi connectivity index (χ0v) is 8.65. The Balaban J connectivity index is 2.76. The van der Waals surface area contributed by atoms with Crippen molar-refractivity contribution in [3.8, 4) is 10.8 Å². The number of hydrogen-bond donors (Lipinski definition) is 2. The van der Waals surface area contributed by atoms with Gasteiger partial charge in [-0.2, -0.15) is 0 Å². The van der Waals surface area contributed by atoms with Gasteiger partial charge in [0.25, 0.3) is 0 Å². The highest BCUT2D eigenvalue weighted by atomic mass is 32.1. The third kappa shape index (κ3) is 1.36. The van der Waals surface area contributed by atoms with Crippen molar-refractivity contribution in [2.45, 2.75) is 4.90 Å². The van der Waals surface area contributed by atoms with Crippen LogP contribution in [0.4, 0.5) is 0 Å². The third-order valence-corrected chi connectivity index (χ3v) is 3.51. The molecule has 68 valence electrons. The maximum absolute atomic E-state index is 9.24. The summed E-state index contributed by atoms with van der Waals surface area (Å²) in [6.45, 7) is 0. The number of phenols is 1. The van der Waals surface area contributed by atoms with Crippen LogP contribution in [0, 0.1) is 0 Å². The molecule has 0 aliphatic carbocycles. The molecular weight excluding hydrogens is 204 g/mol. The first kappa shape index (κ1) is 8.72. The molecule has 1 aromatic carbocycles. The summed E-state index contributed by atoms with van der Waals surface area (Å²) in [5.74, 6) is 0.268. The molecule has 0 atom stereocenters. The lowest BCUT2D eigenvalue weighted by Gasteiger charge is -1.93. The minimum atomic E-state index is 0.268. The van der Waals surface area contributed by atoms with Gasteiger partial charge in [0, 0.05) is 10.1 Å². The van der Waals surface area contributed by atoms with Crippen molar-refractivity contribution >= 4 is 34.1 Å². The number of fused-ring (bicyclic) bond motifs is 1. The van der Waals surface area contributed by atoms with Gasteiger partial charge in [0.2, 0.25) is 0 Å². The first-order valence-corrected chi connectivity index (χ1v) is 4.97. The van der Waals surface area contributed by atoms with Gasteiger partial charge in [0.15, 0.2) is 5.06 Å². The van der Waals surface area contributed by atoms with Crippen LogP contribution in [0.2, 0.25) is 0 Å². The average Bonchev–Trinajstić information content (AvgIpc) is 2.42. The molecule has 13 heavy (non-hydrogen) atoms. The summed E-state index contributed by atoms with van der Waals surface area (Å²) in [5, 5.41) is 11.0. The van der Waals surface area contributed by atoms with E-state index < -0.39 is 0 Å². The molecule has 4 heteroatoms. The topological polar surface area (TPSA) is 29.5 Å². The molecule has 0 aliphatic heterocycles. The van der Waals surface area contributed by atoms with E-state index in [0.29, 0.717) is 0 Å². The SMILES string of the molecule is COc1sc2cc(O)ccc2c1S. The fraction of sp³-hybridized carbons (Fsp3) is 0.111. The molecule has 2 nitrogen and oxygen atoms in total. The molecule has 2 aromatic rings. The highest BCUT2D eigenvalue weighted by Crippen LogP contribution is 2.40. The third-order valence-electron chi connectivity index (χ3n) is 1.80. The zero-order valence-electron chi connectivity index (χ0n) is 6.94. The standard InChI is InChI=1S/C9H8O2S2/c1-11-9-8(12)6-3-2-5(10)4-7(6)13-9/h2-4,10,12H,1H3. The maximum atomic E-state index is 9.24. The minimum absolute atomic E-state index is 0.268. The predicted molar refractivity (Wildman–Crippen MR) is 57.3 cm³/mol. The van der Waals surface area contributed by atoms with Gasteiger partial charge in [-0.05, 0) is 18.2 Å². The van der Waals surface area contributed by atoms with Crippen LogP contribution in [0.5, 0.6) is 10.8 Å². The Bertz CT molecular complexity index is 448. The van der Waals surface area contributed by atoms with Crippen molar-refractivity contribution in [1.82, 2.24) is 0 Å². The number of phenolic OH excluding ortho intramolecular Hbond substituents is 1. The summed E-state index contributed by atoms with van der Waals surface area (Å²) in [6.07, 6.45) is 0. The van der Waals surface area contributed by atoms with Gasteiger partial charge in [-0.15, -0.1) is 12.6 Å². The molecule has 0 spiro atoms. The van der Waals surface area contributed by atoms with Crippen molar-refractivity contribution in [2.24, 2.45) is 0 Å². The quantitative estimate of drug-likeness (QED) is 0.712. The molecule has 2 rings (SSSR count). The first-order valence-electron chi connectivity index (χ1n) is 3.71. The highest BCUT2D eigenvalue weighted by Gasteiger charge is 2.09. The van der Waals surface area contributed by atoms with E-state index in [-0.39, 0.29) is 5.75 Å². The number of benzene rings is 1. The van der Waals surface area contributed by atoms with E-state index in [1.165, 1.54) is 11.3 Å². The minimum Gasteiger partial charge on any atom is -0.508 e. The number of thiol groups is 1. The molecule has 0 saturated carbocycles. The smallest absolute Gasteiger partial charge is 0.188 e. The lowest BCUT2D eigenvalue weighted by Crippen LogP contribution is -1.76. The number of thiophene rings is 1. The maximum Gasteiger partial charge on any atom is 0.188 e. The van der Waals surface area contributed by atoms with Gasteiger partial charge in [-0.25, -0.2) is 0 Å². The first-order chi connectivity index (χ1) is 6.22. The monoisotopic (exact) mass is 212 g/mol. The van der Waals surface area contributed by atoms with Crippen LogP contribution in [0.3, 0.4) is 0 Å². The van der Waals surface area contributed by atoms with E-state index in [2.05, 4.69) is 12.6 Å². The molecule has 0 amide bonds. The highest BCUT2D eigenvalue weighted by molar-refractivity contribution is 7.81. The van der Waals surface area contributed by atoms with Gasteiger partial charge in [-0.3, -0.25) is 0 Å². The predicted octanol–water partition coefficient (Wildman–Crippen LogP) is 2.90. The molecule has 1 heterocycles. The van der Waals surface area contributed by atoms with E-state index in [4.69, 9.17) is 4.74 Å². The van der Waals surface area contributed by atoms with Crippen LogP contribution in [0.25, 0.3) is 10.1 Å². The lowest BCUT2D eigenvalue weighted by molar-refractivity contribution is 0.419. The van der Waals surface area contributed by atoms with E-state index in [9.17, 15) is 5.11 Å². The van der Waals surface area contributed by atoms with Gasteiger partial charge >= 0.3 is 0 Å². The second-order valence-electron chi connectivity index (χ2n) is 2.62. The summed E-state index contributed by atoms with van der Waals surface area (Å²) in [7, 11) is 1.62. The van der Waals surface area contributed by atoms with Gasteiger partial charge in [-0.1, -0.05) is 11.3 Å². The van der Waals surface area contributed by atoms with E-state index in [1.54, 1.807) is 19.2 Å². The number of aromatic hydroxyl groups is 1. The summed E-state index contributed by atoms with van der Waals surface area (Å²) in [4.78, 5) is 0.836. The van der Waals surface area contributed by atoms with E-state index in [0.717, 1.165) is 20.0 Å². The summed E-state index contributed by atoms with van der Waals surface area (Å²) < 4.78 is 6.12. The van der Waals surface area contributed by atoms with Crippen LogP contribution >= 0.6 is 24.0 Å². The van der Waals surface area contributed by atoms with E-state index >= 15 is 0 Å². The second kappa shape index (κ2) is 3.12. The number of hydrogen-bond acceptors (Lipinski definition) is 4. The molecule has 0 fully saturated rings. The zero-order chi connectivity index (χ0) is 9.42. The molecular formula is C9H8O2S2. The largest absolute Gasteiger partial charge is 0.508 e.